The zero-order valence-corrected chi connectivity index (χ0v) is 9.43. The molecule has 0 aromatic heterocycles. The molecule has 5 heteroatoms. The molecule has 4 heterocycles. The Labute approximate surface area is 93.6 Å². The predicted octanol–water partition coefficient (Wildman–Crippen LogP) is 0.443. The average molecular weight is 225 g/mol. The maximum absolute atomic E-state index is 12.4. The van der Waals surface area contributed by atoms with Crippen LogP contribution in [-0.2, 0) is 19.1 Å². The molecule has 4 rings (SSSR count). The van der Waals surface area contributed by atoms with Gasteiger partial charge in [0.15, 0.2) is 5.72 Å². The number of carbonyl (C=O) groups excluding carboxylic acids is 1. The first-order chi connectivity index (χ1) is 7.57. The van der Waals surface area contributed by atoms with Crippen molar-refractivity contribution in [3.8, 4) is 0 Å². The molecule has 0 radical (unpaired) electrons. The lowest BCUT2D eigenvalue weighted by Crippen LogP contribution is -2.66. The van der Waals surface area contributed by atoms with Gasteiger partial charge in [0.05, 0.1) is 12.0 Å². The van der Waals surface area contributed by atoms with Crippen LogP contribution < -0.4 is 0 Å². The zero-order valence-electron chi connectivity index (χ0n) is 9.43. The van der Waals surface area contributed by atoms with Gasteiger partial charge in [0, 0.05) is 6.42 Å². The van der Waals surface area contributed by atoms with Crippen molar-refractivity contribution in [2.75, 3.05) is 6.61 Å². The highest BCUT2D eigenvalue weighted by molar-refractivity contribution is 5.84. The summed E-state index contributed by atoms with van der Waals surface area (Å²) in [5.74, 6) is 0.0410. The number of carbonyl (C=O) groups is 1. The van der Waals surface area contributed by atoms with Crippen LogP contribution in [0.4, 0.5) is 0 Å². The summed E-state index contributed by atoms with van der Waals surface area (Å²) < 4.78 is 11.8. The van der Waals surface area contributed by atoms with Gasteiger partial charge < -0.3 is 9.47 Å². The van der Waals surface area contributed by atoms with Crippen LogP contribution in [0.25, 0.3) is 0 Å². The van der Waals surface area contributed by atoms with Crippen LogP contribution in [0.15, 0.2) is 0 Å². The number of hydroxylamine groups is 2. The highest BCUT2D eigenvalue weighted by Crippen LogP contribution is 2.59. The van der Waals surface area contributed by atoms with E-state index < -0.39 is 11.1 Å². The first-order valence-electron chi connectivity index (χ1n) is 5.88. The highest BCUT2D eigenvalue weighted by Gasteiger charge is 2.77. The molecule has 0 aromatic rings. The van der Waals surface area contributed by atoms with Gasteiger partial charge in [-0.3, -0.25) is 9.63 Å². The van der Waals surface area contributed by atoms with Gasteiger partial charge in [-0.15, -0.1) is 0 Å². The third kappa shape index (κ3) is 0.803. The first kappa shape index (κ1) is 9.39. The Kier molecular flexibility index (Phi) is 1.43. The van der Waals surface area contributed by atoms with E-state index >= 15 is 0 Å². The second kappa shape index (κ2) is 2.44. The molecule has 0 saturated carbocycles. The second-order valence-electron chi connectivity index (χ2n) is 5.66. The normalized spacial score (nSPS) is 52.2. The van der Waals surface area contributed by atoms with Gasteiger partial charge in [-0.05, 0) is 20.3 Å². The standard InChI is InChI=1S/C11H15NO4/c1-10(2)7-6-8(15-6)11(16-7)4-3-5-14-12(11)9(10)13/h6-8H,3-5H2,1-2H3/t6-,7+,8-,11-/m0/s1. The van der Waals surface area contributed by atoms with Crippen LogP contribution in [0.5, 0.6) is 0 Å². The van der Waals surface area contributed by atoms with Crippen molar-refractivity contribution in [1.82, 2.24) is 5.06 Å². The van der Waals surface area contributed by atoms with Crippen LogP contribution >= 0.6 is 0 Å². The van der Waals surface area contributed by atoms with Gasteiger partial charge in [0.1, 0.15) is 18.3 Å². The molecule has 0 aromatic carbocycles. The van der Waals surface area contributed by atoms with E-state index in [-0.39, 0.29) is 24.2 Å². The molecule has 5 nitrogen and oxygen atoms in total. The minimum atomic E-state index is -0.611. The number of hydrogen-bond acceptors (Lipinski definition) is 4. The Bertz CT molecular complexity index is 382. The summed E-state index contributed by atoms with van der Waals surface area (Å²) in [6.07, 6.45) is 1.76. The second-order valence-corrected chi connectivity index (χ2v) is 5.66. The number of rotatable bonds is 0. The lowest BCUT2D eigenvalue weighted by Gasteiger charge is -2.51. The van der Waals surface area contributed by atoms with Gasteiger partial charge in [0.25, 0.3) is 5.91 Å². The number of hydrogen-bond donors (Lipinski definition) is 0. The summed E-state index contributed by atoms with van der Waals surface area (Å²) in [6, 6.07) is 0. The van der Waals surface area contributed by atoms with Crippen LogP contribution in [-0.4, -0.2) is 41.6 Å². The zero-order chi connectivity index (χ0) is 11.1. The van der Waals surface area contributed by atoms with Crippen molar-refractivity contribution in [3.05, 3.63) is 0 Å². The molecule has 4 saturated heterocycles. The van der Waals surface area contributed by atoms with E-state index in [1.54, 1.807) is 0 Å². The maximum Gasteiger partial charge on any atom is 0.257 e. The van der Waals surface area contributed by atoms with E-state index in [4.69, 9.17) is 14.3 Å². The summed E-state index contributed by atoms with van der Waals surface area (Å²) in [5, 5.41) is 1.46. The van der Waals surface area contributed by atoms with Crippen LogP contribution in [0.1, 0.15) is 26.7 Å². The fourth-order valence-electron chi connectivity index (χ4n) is 3.30. The molecule has 1 amide bonds. The minimum absolute atomic E-state index is 0.0310. The van der Waals surface area contributed by atoms with Crippen molar-refractivity contribution in [1.29, 1.82) is 0 Å². The van der Waals surface area contributed by atoms with Crippen molar-refractivity contribution in [2.24, 2.45) is 5.41 Å². The molecule has 88 valence electrons. The molecule has 4 atom stereocenters. The van der Waals surface area contributed by atoms with E-state index in [1.165, 1.54) is 5.06 Å². The number of epoxide rings is 1. The topological polar surface area (TPSA) is 51.3 Å². The van der Waals surface area contributed by atoms with Gasteiger partial charge >= 0.3 is 0 Å². The van der Waals surface area contributed by atoms with Crippen LogP contribution in [0.2, 0.25) is 0 Å². The fourth-order valence-corrected chi connectivity index (χ4v) is 3.30. The highest BCUT2D eigenvalue weighted by atomic mass is 16.8. The quantitative estimate of drug-likeness (QED) is 0.561. The number of nitrogens with zero attached hydrogens (tertiary/aromatic N) is 1. The smallest absolute Gasteiger partial charge is 0.257 e. The van der Waals surface area contributed by atoms with E-state index in [1.807, 2.05) is 13.8 Å². The van der Waals surface area contributed by atoms with Crippen molar-refractivity contribution in [3.63, 3.8) is 0 Å². The Morgan fingerprint density at radius 3 is 3.00 bits per heavy atom. The molecule has 4 aliphatic heterocycles. The molecule has 0 unspecified atom stereocenters. The molecule has 1 spiro atoms. The SMILES string of the molecule is CC1(C)C(=O)N2OCCC[C@@]23O[C@@H]1[C@@H]1O[C@@H]13. The maximum atomic E-state index is 12.4. The molecule has 16 heavy (non-hydrogen) atoms. The number of amides is 1. The first-order valence-corrected chi connectivity index (χ1v) is 5.88. The Hall–Kier alpha value is -0.650. The van der Waals surface area contributed by atoms with Crippen molar-refractivity contribution >= 4 is 5.91 Å². The summed E-state index contributed by atoms with van der Waals surface area (Å²) in [4.78, 5) is 17.9. The van der Waals surface area contributed by atoms with E-state index in [0.29, 0.717) is 6.61 Å². The van der Waals surface area contributed by atoms with E-state index in [0.717, 1.165) is 12.8 Å². The molecule has 4 fully saturated rings. The van der Waals surface area contributed by atoms with Crippen LogP contribution in [0, 0.1) is 5.41 Å². The molecule has 0 aliphatic carbocycles. The largest absolute Gasteiger partial charge is 0.361 e. The van der Waals surface area contributed by atoms with Crippen LogP contribution in [0.3, 0.4) is 0 Å². The minimum Gasteiger partial charge on any atom is -0.361 e. The summed E-state index contributed by atoms with van der Waals surface area (Å²) in [6.45, 7) is 4.41. The molecule has 4 aliphatic rings. The van der Waals surface area contributed by atoms with Gasteiger partial charge in [-0.2, -0.15) is 5.06 Å². The Morgan fingerprint density at radius 1 is 1.38 bits per heavy atom. The van der Waals surface area contributed by atoms with E-state index in [9.17, 15) is 4.79 Å². The monoisotopic (exact) mass is 225 g/mol. The van der Waals surface area contributed by atoms with E-state index in [2.05, 4.69) is 0 Å². The van der Waals surface area contributed by atoms with Gasteiger partial charge in [-0.25, -0.2) is 0 Å². The lowest BCUT2D eigenvalue weighted by molar-refractivity contribution is -0.356. The molecular weight excluding hydrogens is 210 g/mol. The fraction of sp³-hybridized carbons (Fsp3) is 0.909. The number of ether oxygens (including phenoxy) is 2. The predicted molar refractivity (Wildman–Crippen MR) is 52.1 cm³/mol. The van der Waals surface area contributed by atoms with Crippen molar-refractivity contribution < 1.29 is 19.1 Å². The molecular formula is C11H15NO4. The van der Waals surface area contributed by atoms with Gasteiger partial charge in [-0.1, -0.05) is 0 Å². The third-order valence-corrected chi connectivity index (χ3v) is 4.29. The van der Waals surface area contributed by atoms with Gasteiger partial charge in [0.2, 0.25) is 0 Å². The molecule has 0 N–H and O–H groups in total. The third-order valence-electron chi connectivity index (χ3n) is 4.29. The summed E-state index contributed by atoms with van der Waals surface area (Å²) in [7, 11) is 0. The Balaban J connectivity index is 1.84. The summed E-state index contributed by atoms with van der Waals surface area (Å²) in [5.41, 5.74) is -1.16. The van der Waals surface area contributed by atoms with Crippen molar-refractivity contribution in [2.45, 2.75) is 50.7 Å². The average Bonchev–Trinajstić information content (AvgIpc) is 2.99. The number of fused-ring (bicyclic) bond motifs is 3. The summed E-state index contributed by atoms with van der Waals surface area (Å²) >= 11 is 0. The Morgan fingerprint density at radius 2 is 2.19 bits per heavy atom. The lowest BCUT2D eigenvalue weighted by atomic mass is 9.83. The molecule has 2 bridgehead atoms.